The summed E-state index contributed by atoms with van der Waals surface area (Å²) < 4.78 is 6.88. The van der Waals surface area contributed by atoms with Crippen molar-refractivity contribution in [3.05, 3.63) is 64.8 Å². The van der Waals surface area contributed by atoms with Crippen molar-refractivity contribution in [2.24, 2.45) is 0 Å². The Kier molecular flexibility index (Phi) is 3.90. The molecule has 0 amide bonds. The van der Waals surface area contributed by atoms with Crippen LogP contribution in [0.1, 0.15) is 5.56 Å². The van der Waals surface area contributed by atoms with E-state index in [4.69, 9.17) is 16.3 Å². The highest BCUT2D eigenvalue weighted by molar-refractivity contribution is 9.10. The van der Waals surface area contributed by atoms with Crippen molar-refractivity contribution < 1.29 is 4.74 Å². The lowest BCUT2D eigenvalue weighted by Gasteiger charge is -2.10. The molecular weight excluding hydrogens is 338 g/mol. The number of pyridine rings is 1. The molecule has 0 aliphatic carbocycles. The lowest BCUT2D eigenvalue weighted by atomic mass is 10.2. The zero-order valence-corrected chi connectivity index (χ0v) is 12.9. The Morgan fingerprint density at radius 2 is 1.95 bits per heavy atom. The number of alkyl halides is 1. The van der Waals surface area contributed by atoms with Crippen LogP contribution >= 0.6 is 27.5 Å². The zero-order valence-electron chi connectivity index (χ0n) is 10.5. The van der Waals surface area contributed by atoms with Crippen molar-refractivity contribution in [3.63, 3.8) is 0 Å². The second-order valence-corrected chi connectivity index (χ2v) is 5.45. The zero-order chi connectivity index (χ0) is 13.9. The Hall–Kier alpha value is -1.58. The second kappa shape index (κ2) is 5.81. The number of rotatable bonds is 3. The predicted molar refractivity (Wildman–Crippen MR) is 85.5 cm³/mol. The summed E-state index contributed by atoms with van der Waals surface area (Å²) in [6, 6.07) is 15.6. The van der Waals surface area contributed by atoms with Crippen molar-refractivity contribution in [2.45, 2.75) is 5.88 Å². The second-order valence-electron chi connectivity index (χ2n) is 4.33. The van der Waals surface area contributed by atoms with Crippen LogP contribution in [0.15, 0.2) is 59.2 Å². The summed E-state index contributed by atoms with van der Waals surface area (Å²) in [7, 11) is 0. The van der Waals surface area contributed by atoms with Crippen LogP contribution in [-0.2, 0) is 5.88 Å². The Balaban J connectivity index is 2.01. The van der Waals surface area contributed by atoms with Gasteiger partial charge in [-0.05, 0) is 57.9 Å². The van der Waals surface area contributed by atoms with Crippen LogP contribution in [0.3, 0.4) is 0 Å². The molecule has 0 unspecified atom stereocenters. The van der Waals surface area contributed by atoms with Gasteiger partial charge in [0.1, 0.15) is 11.5 Å². The molecule has 4 heteroatoms. The lowest BCUT2D eigenvalue weighted by molar-refractivity contribution is 0.485. The van der Waals surface area contributed by atoms with E-state index in [-0.39, 0.29) is 0 Å². The van der Waals surface area contributed by atoms with E-state index >= 15 is 0 Å². The topological polar surface area (TPSA) is 22.1 Å². The van der Waals surface area contributed by atoms with E-state index in [9.17, 15) is 0 Å². The average Bonchev–Trinajstić information content (AvgIpc) is 2.49. The number of ether oxygens (including phenoxy) is 1. The van der Waals surface area contributed by atoms with Crippen LogP contribution in [0.4, 0.5) is 0 Å². The standard InChI is InChI=1S/C16H11BrClNO/c17-13-9-11(10-18)6-7-16(13)20-15-5-1-4-14-12(15)3-2-8-19-14/h1-9H,10H2. The van der Waals surface area contributed by atoms with Gasteiger partial charge in [-0.25, -0.2) is 0 Å². The van der Waals surface area contributed by atoms with Crippen LogP contribution in [0.5, 0.6) is 11.5 Å². The molecule has 0 saturated carbocycles. The van der Waals surface area contributed by atoms with Gasteiger partial charge in [-0.1, -0.05) is 12.1 Å². The third kappa shape index (κ3) is 2.65. The molecular formula is C16H11BrClNO. The van der Waals surface area contributed by atoms with E-state index in [1.807, 2.05) is 48.5 Å². The van der Waals surface area contributed by atoms with Gasteiger partial charge in [-0.15, -0.1) is 11.6 Å². The van der Waals surface area contributed by atoms with Crippen molar-refractivity contribution in [2.75, 3.05) is 0 Å². The summed E-state index contributed by atoms with van der Waals surface area (Å²) in [5, 5.41) is 0.989. The smallest absolute Gasteiger partial charge is 0.141 e. The van der Waals surface area contributed by atoms with Crippen molar-refractivity contribution in [3.8, 4) is 11.5 Å². The quantitative estimate of drug-likeness (QED) is 0.581. The van der Waals surface area contributed by atoms with Crippen LogP contribution in [0.25, 0.3) is 10.9 Å². The fraction of sp³-hybridized carbons (Fsp3) is 0.0625. The number of hydrogen-bond donors (Lipinski definition) is 0. The van der Waals surface area contributed by atoms with Crippen molar-refractivity contribution in [1.29, 1.82) is 0 Å². The molecule has 100 valence electrons. The number of halogens is 2. The molecule has 1 aromatic heterocycles. The van der Waals surface area contributed by atoms with Gasteiger partial charge in [0, 0.05) is 17.5 Å². The van der Waals surface area contributed by atoms with E-state index < -0.39 is 0 Å². The molecule has 0 saturated heterocycles. The van der Waals surface area contributed by atoms with Crippen molar-refractivity contribution in [1.82, 2.24) is 4.98 Å². The molecule has 0 spiro atoms. The first kappa shape index (κ1) is 13.4. The number of aromatic nitrogens is 1. The van der Waals surface area contributed by atoms with Gasteiger partial charge in [0.05, 0.1) is 9.99 Å². The minimum Gasteiger partial charge on any atom is -0.455 e. The normalized spacial score (nSPS) is 10.7. The number of hydrogen-bond acceptors (Lipinski definition) is 2. The lowest BCUT2D eigenvalue weighted by Crippen LogP contribution is -1.89. The molecule has 0 bridgehead atoms. The van der Waals surface area contributed by atoms with Crippen LogP contribution in [0.2, 0.25) is 0 Å². The van der Waals surface area contributed by atoms with E-state index in [0.717, 1.165) is 32.4 Å². The molecule has 20 heavy (non-hydrogen) atoms. The monoisotopic (exact) mass is 347 g/mol. The molecule has 1 heterocycles. The molecule has 0 aliphatic heterocycles. The maximum Gasteiger partial charge on any atom is 0.141 e. The molecule has 3 aromatic rings. The predicted octanol–water partition coefficient (Wildman–Crippen LogP) is 5.53. The van der Waals surface area contributed by atoms with E-state index in [1.165, 1.54) is 0 Å². The molecule has 2 aromatic carbocycles. The Bertz CT molecular complexity index is 755. The Morgan fingerprint density at radius 3 is 2.75 bits per heavy atom. The largest absolute Gasteiger partial charge is 0.455 e. The fourth-order valence-electron chi connectivity index (χ4n) is 1.99. The van der Waals surface area contributed by atoms with E-state index in [0.29, 0.717) is 5.88 Å². The highest BCUT2D eigenvalue weighted by atomic mass is 79.9. The Morgan fingerprint density at radius 1 is 1.05 bits per heavy atom. The number of benzene rings is 2. The maximum atomic E-state index is 5.99. The fourth-order valence-corrected chi connectivity index (χ4v) is 2.67. The van der Waals surface area contributed by atoms with Gasteiger partial charge in [0.25, 0.3) is 0 Å². The minimum absolute atomic E-state index is 0.483. The molecule has 0 aliphatic rings. The first-order chi connectivity index (χ1) is 9.78. The van der Waals surface area contributed by atoms with Crippen molar-refractivity contribution >= 4 is 38.4 Å². The van der Waals surface area contributed by atoms with Crippen LogP contribution in [-0.4, -0.2) is 4.98 Å². The van der Waals surface area contributed by atoms with Crippen LogP contribution in [0, 0.1) is 0 Å². The highest BCUT2D eigenvalue weighted by Crippen LogP contribution is 2.34. The van der Waals surface area contributed by atoms with Gasteiger partial charge < -0.3 is 4.74 Å². The van der Waals surface area contributed by atoms with Gasteiger partial charge in [-0.2, -0.15) is 0 Å². The third-order valence-electron chi connectivity index (χ3n) is 2.98. The molecule has 0 atom stereocenters. The van der Waals surface area contributed by atoms with Gasteiger partial charge in [0.2, 0.25) is 0 Å². The summed E-state index contributed by atoms with van der Waals surface area (Å²) in [5.41, 5.74) is 1.96. The average molecular weight is 349 g/mol. The third-order valence-corrected chi connectivity index (χ3v) is 3.90. The minimum atomic E-state index is 0.483. The summed E-state index contributed by atoms with van der Waals surface area (Å²) in [4.78, 5) is 4.32. The van der Waals surface area contributed by atoms with Gasteiger partial charge in [0.15, 0.2) is 0 Å². The van der Waals surface area contributed by atoms with Crippen LogP contribution < -0.4 is 4.74 Å². The number of nitrogens with zero attached hydrogens (tertiary/aromatic N) is 1. The molecule has 0 radical (unpaired) electrons. The Labute approximate surface area is 130 Å². The summed E-state index contributed by atoms with van der Waals surface area (Å²) in [6.45, 7) is 0. The first-order valence-corrected chi connectivity index (χ1v) is 7.46. The molecule has 3 rings (SSSR count). The summed E-state index contributed by atoms with van der Waals surface area (Å²) >= 11 is 9.33. The SMILES string of the molecule is ClCc1ccc(Oc2cccc3ncccc23)c(Br)c1. The molecule has 0 N–H and O–H groups in total. The van der Waals surface area contributed by atoms with E-state index in [2.05, 4.69) is 20.9 Å². The van der Waals surface area contributed by atoms with E-state index in [1.54, 1.807) is 6.20 Å². The number of fused-ring (bicyclic) bond motifs is 1. The summed E-state index contributed by atoms with van der Waals surface area (Å²) in [5.74, 6) is 2.03. The highest BCUT2D eigenvalue weighted by Gasteiger charge is 2.07. The van der Waals surface area contributed by atoms with Gasteiger partial charge >= 0.3 is 0 Å². The van der Waals surface area contributed by atoms with Gasteiger partial charge in [-0.3, -0.25) is 4.98 Å². The molecule has 0 fully saturated rings. The molecule has 2 nitrogen and oxygen atoms in total. The maximum absolute atomic E-state index is 5.99. The summed E-state index contributed by atoms with van der Waals surface area (Å²) in [6.07, 6.45) is 1.78. The first-order valence-electron chi connectivity index (χ1n) is 6.14.